The zero-order valence-corrected chi connectivity index (χ0v) is 62.8. The van der Waals surface area contributed by atoms with Crippen LogP contribution in [0.15, 0.2) is 273 Å². The molecule has 0 N–H and O–H groups in total. The van der Waals surface area contributed by atoms with Gasteiger partial charge in [-0.2, -0.15) is 11.3 Å². The first-order valence-corrected chi connectivity index (χ1v) is 32.2. The van der Waals surface area contributed by atoms with Crippen molar-refractivity contribution in [1.29, 1.82) is 5.26 Å². The fourth-order valence-electron chi connectivity index (χ4n) is 11.6. The van der Waals surface area contributed by atoms with Gasteiger partial charge in [0.2, 0.25) is 0 Å². The van der Waals surface area contributed by atoms with Crippen LogP contribution < -0.4 is 4.90 Å². The van der Waals surface area contributed by atoms with E-state index in [-0.39, 0.29) is 85.7 Å². The van der Waals surface area contributed by atoms with Crippen molar-refractivity contribution >= 4 is 44.6 Å². The van der Waals surface area contributed by atoms with Crippen LogP contribution in [-0.2, 0) is 74.0 Å². The van der Waals surface area contributed by atoms with Gasteiger partial charge in [0.25, 0.3) is 0 Å². The molecule has 16 heteroatoms. The molecule has 0 bridgehead atoms. The molecule has 9 nitrogen and oxygen atoms in total. The van der Waals surface area contributed by atoms with E-state index >= 15 is 0 Å². The van der Waals surface area contributed by atoms with Gasteiger partial charge >= 0.3 is 63.2 Å². The number of fused-ring (bicyclic) bond motifs is 2. The van der Waals surface area contributed by atoms with Crippen molar-refractivity contribution < 1.29 is 80.8 Å². The maximum absolute atomic E-state index is 14.4. The largest absolute Gasteiger partial charge is 2.00 e. The van der Waals surface area contributed by atoms with E-state index in [1.807, 2.05) is 103 Å². The Balaban J connectivity index is 0.000000165. The molecule has 0 atom stereocenters. The molecule has 0 aliphatic carbocycles. The third kappa shape index (κ3) is 16.9. The molecule has 0 unspecified atom stereocenters. The third-order valence-corrected chi connectivity index (χ3v) is 17.0. The van der Waals surface area contributed by atoms with Crippen molar-refractivity contribution in [3.8, 4) is 73.6 Å². The number of rotatable bonds is 13. The predicted molar refractivity (Wildman–Crippen MR) is 389 cm³/mol. The first-order chi connectivity index (χ1) is 49.1. The van der Waals surface area contributed by atoms with Crippen LogP contribution in [0.2, 0.25) is 0 Å². The monoisotopic (exact) mass is 1900 g/mol. The number of anilines is 3. The molecule has 0 saturated heterocycles. The van der Waals surface area contributed by atoms with E-state index in [1.54, 1.807) is 77.7 Å². The van der Waals surface area contributed by atoms with Gasteiger partial charge in [-0.1, -0.05) is 139 Å². The molecule has 15 rings (SSSR count). The van der Waals surface area contributed by atoms with E-state index in [0.29, 0.717) is 28.6 Å². The number of halogens is 4. The normalized spacial score (nSPS) is 10.8. The minimum absolute atomic E-state index is 0. The Kier molecular flexibility index (Phi) is 24.6. The van der Waals surface area contributed by atoms with Gasteiger partial charge in [-0.3, -0.25) is 47.2 Å². The fraction of sp³-hybridized carbons (Fsp3) is 0.0682. The van der Waals surface area contributed by atoms with Crippen LogP contribution in [0.5, 0.6) is 0 Å². The van der Waals surface area contributed by atoms with E-state index in [0.717, 1.165) is 114 Å². The average molecular weight is 1900 g/mol. The number of para-hydroxylation sites is 1. The maximum Gasteiger partial charge on any atom is 2.00 e. The number of pyridine rings is 6. The number of aromatic nitrogens is 6. The second-order valence-electron chi connectivity index (χ2n) is 24.5. The molecule has 0 saturated carbocycles. The topological polar surface area (TPSA) is 109 Å². The van der Waals surface area contributed by atoms with Crippen LogP contribution in [0.3, 0.4) is 0 Å². The number of nitriles is 1. The van der Waals surface area contributed by atoms with Crippen LogP contribution in [0.4, 0.5) is 40.6 Å². The van der Waals surface area contributed by atoms with Crippen LogP contribution in [0.1, 0.15) is 56.0 Å². The maximum atomic E-state index is 14.4. The SMILES string of the molecule is CC(C)(c1cc2ccccc2c(-c2[c-]cccc2)n1)c1cc2ccccc2c(-c2[c-]cccc2)n1.Fc1c[c-]c(-c2cccc(N(c3ccccc3)c3cccc(-c4[c-]cc(F)cc4F)n3)n2)c(F)c1.[C-]#[N+]c1cc[c-]c(-c2cccc(C(C)(C)c3cccc(-c4[c-]ccc(C#N)c4)n3)n2)c1.[Pt+2].[Pt+2].[Pt+2]. The van der Waals surface area contributed by atoms with Crippen molar-refractivity contribution in [3.63, 3.8) is 0 Å². The van der Waals surface area contributed by atoms with Gasteiger partial charge in [0.15, 0.2) is 0 Å². The van der Waals surface area contributed by atoms with E-state index < -0.39 is 34.1 Å². The van der Waals surface area contributed by atoms with Gasteiger partial charge in [0, 0.05) is 62.6 Å². The van der Waals surface area contributed by atoms with Gasteiger partial charge in [-0.25, -0.2) is 0 Å². The summed E-state index contributed by atoms with van der Waals surface area (Å²) < 4.78 is 55.6. The molecule has 0 fully saturated rings. The predicted octanol–water partition coefficient (Wildman–Crippen LogP) is 21.6. The van der Waals surface area contributed by atoms with Crippen molar-refractivity contribution in [1.82, 2.24) is 29.9 Å². The molecular weight excluding hydrogens is 1840 g/mol. The van der Waals surface area contributed by atoms with E-state index in [4.69, 9.17) is 26.5 Å². The molecule has 0 radical (unpaired) electrons. The molecule has 6 heterocycles. The first kappa shape index (κ1) is 75.6. The Labute approximate surface area is 644 Å². The van der Waals surface area contributed by atoms with E-state index in [2.05, 4.69) is 158 Å². The fourth-order valence-corrected chi connectivity index (χ4v) is 11.6. The Morgan fingerprint density at radius 3 is 1.30 bits per heavy atom. The smallest absolute Gasteiger partial charge is 0.300 e. The Morgan fingerprint density at radius 1 is 0.394 bits per heavy atom. The summed E-state index contributed by atoms with van der Waals surface area (Å²) >= 11 is 0. The van der Waals surface area contributed by atoms with Crippen LogP contribution in [-0.4, -0.2) is 29.9 Å². The summed E-state index contributed by atoms with van der Waals surface area (Å²) in [6.45, 7) is 15.8. The number of nitrogens with zero attached hydrogens (tertiary/aromatic N) is 9. The molecule has 0 aliphatic rings. The summed E-state index contributed by atoms with van der Waals surface area (Å²) in [5.74, 6) is -2.27. The first-order valence-electron chi connectivity index (χ1n) is 32.2. The number of hydrogen-bond acceptors (Lipinski definition) is 8. The second kappa shape index (κ2) is 33.8. The number of hydrogen-bond donors (Lipinski definition) is 0. The zero-order valence-electron chi connectivity index (χ0n) is 56.0. The van der Waals surface area contributed by atoms with Crippen molar-refractivity contribution in [3.05, 3.63) is 372 Å². The minimum Gasteiger partial charge on any atom is -0.300 e. The molecule has 512 valence electrons. The Morgan fingerprint density at radius 2 is 0.827 bits per heavy atom. The standard InChI is InChI=1S/C33H24N2.C28H15F4N3.C27H18N4.3Pt/c1-33(2,29-21-25-17-9-11-19-27(25)31(34-29)23-13-5-3-6-14-23)30-22-26-18-10-12-20-28(26)32(35-30)24-15-7-4-8-16-24;29-18-12-14-21(23(31)16-18)25-8-4-10-27(33-25)35(20-6-2-1-3-7-20)28-11-5-9-26(34-28)22-15-13-19(30)17-24(22)32;1-27(2,25-14-6-12-23(30-25)20-9-4-8-19(16-20)18-28)26-15-7-13-24(31-26)21-10-5-11-22(17-21)29-3;;;/h3-13,15,17-22H,1-2H3;1-13,16-17H;4-8,11-17H,1-2H3;;;/q3*-2;3*+2. The summed E-state index contributed by atoms with van der Waals surface area (Å²) in [6.07, 6.45) is 0. The molecule has 15 aromatic rings. The molecule has 6 aromatic heterocycles. The van der Waals surface area contributed by atoms with E-state index in [1.165, 1.54) is 0 Å². The Hall–Kier alpha value is -11.0. The quantitative estimate of drug-likeness (QED) is 0.0830. The summed E-state index contributed by atoms with van der Waals surface area (Å²) in [5.41, 5.74) is 12.1. The third-order valence-electron chi connectivity index (χ3n) is 17.0. The van der Waals surface area contributed by atoms with Crippen molar-refractivity contribution in [2.24, 2.45) is 0 Å². The molecule has 0 spiro atoms. The molecule has 9 aromatic carbocycles. The van der Waals surface area contributed by atoms with Crippen molar-refractivity contribution in [2.45, 2.75) is 38.5 Å². The number of benzene rings is 9. The van der Waals surface area contributed by atoms with Crippen LogP contribution >= 0.6 is 0 Å². The molecule has 104 heavy (non-hydrogen) atoms. The van der Waals surface area contributed by atoms with Gasteiger partial charge < -0.3 is 9.97 Å². The van der Waals surface area contributed by atoms with E-state index in [9.17, 15) is 22.8 Å². The Bertz CT molecular complexity index is 5300. The summed E-state index contributed by atoms with van der Waals surface area (Å²) in [5, 5.41) is 13.8. The summed E-state index contributed by atoms with van der Waals surface area (Å²) in [7, 11) is 0. The van der Waals surface area contributed by atoms with Gasteiger partial charge in [0.05, 0.1) is 12.6 Å². The van der Waals surface area contributed by atoms with Gasteiger partial charge in [-0.15, -0.1) is 150 Å². The molecule has 0 amide bonds. The van der Waals surface area contributed by atoms with Crippen LogP contribution in [0.25, 0.3) is 93.9 Å². The molecule has 0 aliphatic heterocycles. The van der Waals surface area contributed by atoms with Gasteiger partial charge in [-0.05, 0) is 137 Å². The summed E-state index contributed by atoms with van der Waals surface area (Å²) in [4.78, 5) is 34.5. The minimum atomic E-state index is -0.789. The average Bonchev–Trinajstić information content (AvgIpc) is 0.754. The van der Waals surface area contributed by atoms with Gasteiger partial charge in [0.1, 0.15) is 17.3 Å². The zero-order chi connectivity index (χ0) is 70.0. The van der Waals surface area contributed by atoms with Crippen LogP contribution in [0, 0.1) is 77.6 Å². The molecular formula is C88H57F4N9Pt3. The van der Waals surface area contributed by atoms with Crippen molar-refractivity contribution in [2.75, 3.05) is 4.90 Å². The summed E-state index contributed by atoms with van der Waals surface area (Å²) in [6, 6.07) is 103. The second-order valence-corrected chi connectivity index (χ2v) is 24.5.